The summed E-state index contributed by atoms with van der Waals surface area (Å²) in [5, 5.41) is 17.5. The predicted molar refractivity (Wildman–Crippen MR) is 59.1 cm³/mol. The van der Waals surface area contributed by atoms with Crippen LogP contribution < -0.4 is 0 Å². The molecular formula is C12H8F6O3. The van der Waals surface area contributed by atoms with Crippen molar-refractivity contribution in [2.75, 3.05) is 0 Å². The predicted octanol–water partition coefficient (Wildman–Crippen LogP) is 3.10. The van der Waals surface area contributed by atoms with Crippen LogP contribution in [-0.4, -0.2) is 28.5 Å². The third-order valence-electron chi connectivity index (χ3n) is 2.57. The van der Waals surface area contributed by atoms with Crippen molar-refractivity contribution in [1.82, 2.24) is 0 Å². The van der Waals surface area contributed by atoms with E-state index in [-0.39, 0.29) is 5.56 Å². The highest BCUT2D eigenvalue weighted by atomic mass is 19.4. The first kappa shape index (κ1) is 17.0. The second-order valence-corrected chi connectivity index (χ2v) is 4.00. The number of hydrogen-bond acceptors (Lipinski definition) is 2. The molecule has 21 heavy (non-hydrogen) atoms. The molecule has 0 radical (unpaired) electrons. The van der Waals surface area contributed by atoms with E-state index in [4.69, 9.17) is 10.2 Å². The van der Waals surface area contributed by atoms with Crippen LogP contribution in [0.2, 0.25) is 0 Å². The molecule has 0 amide bonds. The summed E-state index contributed by atoms with van der Waals surface area (Å²) in [6, 6.07) is 2.53. The van der Waals surface area contributed by atoms with E-state index < -0.39 is 29.5 Å². The molecule has 9 heteroatoms. The van der Waals surface area contributed by atoms with E-state index in [9.17, 15) is 31.1 Å². The molecule has 1 aromatic rings. The number of aliphatic carboxylic acids is 1. The van der Waals surface area contributed by atoms with E-state index in [1.165, 1.54) is 0 Å². The van der Waals surface area contributed by atoms with Gasteiger partial charge >= 0.3 is 18.3 Å². The summed E-state index contributed by atoms with van der Waals surface area (Å²) >= 11 is 0. The van der Waals surface area contributed by atoms with Gasteiger partial charge in [0.2, 0.25) is 0 Å². The number of aliphatic hydroxyl groups is 1. The second-order valence-electron chi connectivity index (χ2n) is 4.00. The van der Waals surface area contributed by atoms with Crippen molar-refractivity contribution in [3.8, 4) is 0 Å². The molecule has 1 aromatic carbocycles. The Balaban J connectivity index is 3.27. The van der Waals surface area contributed by atoms with Gasteiger partial charge in [-0.2, -0.15) is 26.3 Å². The van der Waals surface area contributed by atoms with Gasteiger partial charge < -0.3 is 10.2 Å². The minimum absolute atomic E-state index is 0.0628. The molecule has 0 bridgehead atoms. The first-order valence-electron chi connectivity index (χ1n) is 5.27. The smallest absolute Gasteiger partial charge is 0.430 e. The third kappa shape index (κ3) is 3.35. The highest BCUT2D eigenvalue weighted by molar-refractivity contribution is 5.85. The maximum atomic E-state index is 12.6. The minimum atomic E-state index is -5.95. The van der Waals surface area contributed by atoms with Crippen LogP contribution in [0.4, 0.5) is 26.3 Å². The zero-order valence-electron chi connectivity index (χ0n) is 10.0. The van der Waals surface area contributed by atoms with Crippen molar-refractivity contribution in [2.45, 2.75) is 18.0 Å². The van der Waals surface area contributed by atoms with E-state index >= 15 is 0 Å². The lowest BCUT2D eigenvalue weighted by Gasteiger charge is -2.32. The summed E-state index contributed by atoms with van der Waals surface area (Å²) in [5.74, 6) is -1.33. The number of carboxylic acids is 1. The molecule has 0 aliphatic carbocycles. The van der Waals surface area contributed by atoms with Crippen molar-refractivity contribution in [2.24, 2.45) is 0 Å². The summed E-state index contributed by atoms with van der Waals surface area (Å²) in [5.41, 5.74) is -6.34. The fraction of sp³-hybridized carbons (Fsp3) is 0.250. The quantitative estimate of drug-likeness (QED) is 0.666. The van der Waals surface area contributed by atoms with Gasteiger partial charge in [-0.05, 0) is 11.6 Å². The molecule has 0 aliphatic rings. The van der Waals surface area contributed by atoms with Crippen LogP contribution in [0.25, 0.3) is 6.08 Å². The molecule has 0 saturated carbocycles. The highest BCUT2D eigenvalue weighted by Crippen LogP contribution is 2.49. The van der Waals surface area contributed by atoms with Gasteiger partial charge in [0.05, 0.1) is 0 Å². The van der Waals surface area contributed by atoms with Crippen LogP contribution in [0, 0.1) is 0 Å². The molecule has 0 aliphatic heterocycles. The second kappa shape index (κ2) is 5.40. The SMILES string of the molecule is O=C(O)C=Cc1ccc(C(O)(C(F)(F)F)C(F)(F)F)cc1. The summed E-state index contributed by atoms with van der Waals surface area (Å²) in [6.45, 7) is 0. The molecule has 0 saturated heterocycles. The van der Waals surface area contributed by atoms with Gasteiger partial charge in [0.15, 0.2) is 0 Å². The van der Waals surface area contributed by atoms with Crippen LogP contribution >= 0.6 is 0 Å². The molecular weight excluding hydrogens is 306 g/mol. The van der Waals surface area contributed by atoms with Crippen LogP contribution in [0.15, 0.2) is 30.3 Å². The molecule has 1 rings (SSSR count). The Morgan fingerprint density at radius 2 is 1.38 bits per heavy atom. The molecule has 0 atom stereocenters. The number of carbonyl (C=O) groups is 1. The molecule has 0 unspecified atom stereocenters. The fourth-order valence-electron chi connectivity index (χ4n) is 1.49. The third-order valence-corrected chi connectivity index (χ3v) is 2.57. The van der Waals surface area contributed by atoms with E-state index in [0.717, 1.165) is 18.2 Å². The van der Waals surface area contributed by atoms with Crippen molar-refractivity contribution >= 4 is 12.0 Å². The van der Waals surface area contributed by atoms with Gasteiger partial charge in [0.1, 0.15) is 0 Å². The normalized spacial score (nSPS) is 13.7. The van der Waals surface area contributed by atoms with E-state index in [1.54, 1.807) is 0 Å². The maximum Gasteiger partial charge on any atom is 0.430 e. The average Bonchev–Trinajstić information content (AvgIpc) is 2.33. The van der Waals surface area contributed by atoms with Gasteiger partial charge in [-0.25, -0.2) is 4.79 Å². The number of hydrogen-bond donors (Lipinski definition) is 2. The molecule has 116 valence electrons. The Labute approximate surface area is 114 Å². The Bertz CT molecular complexity index is 528. The van der Waals surface area contributed by atoms with Crippen molar-refractivity contribution in [3.05, 3.63) is 41.5 Å². The Morgan fingerprint density at radius 3 is 1.71 bits per heavy atom. The van der Waals surface area contributed by atoms with E-state index in [0.29, 0.717) is 18.2 Å². The van der Waals surface area contributed by atoms with Crippen LogP contribution in [0.1, 0.15) is 11.1 Å². The van der Waals surface area contributed by atoms with Gasteiger partial charge in [-0.3, -0.25) is 0 Å². The first-order chi connectivity index (χ1) is 9.39. The van der Waals surface area contributed by atoms with Gasteiger partial charge in [-0.15, -0.1) is 0 Å². The van der Waals surface area contributed by atoms with E-state index in [1.807, 2.05) is 0 Å². The molecule has 0 fully saturated rings. The van der Waals surface area contributed by atoms with Crippen LogP contribution in [0.3, 0.4) is 0 Å². The Morgan fingerprint density at radius 1 is 0.952 bits per heavy atom. The maximum absolute atomic E-state index is 12.6. The Hall–Kier alpha value is -2.03. The summed E-state index contributed by atoms with van der Waals surface area (Å²) in [7, 11) is 0. The minimum Gasteiger partial charge on any atom is -0.478 e. The zero-order valence-corrected chi connectivity index (χ0v) is 10.0. The number of rotatable bonds is 3. The van der Waals surface area contributed by atoms with Crippen molar-refractivity contribution < 1.29 is 41.4 Å². The van der Waals surface area contributed by atoms with Gasteiger partial charge in [0.25, 0.3) is 5.60 Å². The molecule has 0 spiro atoms. The number of halogens is 6. The molecule has 0 aromatic heterocycles. The number of carboxylic acid groups (broad SMARTS) is 1. The van der Waals surface area contributed by atoms with Gasteiger partial charge in [0, 0.05) is 11.6 Å². The lowest BCUT2D eigenvalue weighted by molar-refractivity contribution is -0.376. The van der Waals surface area contributed by atoms with Crippen molar-refractivity contribution in [3.63, 3.8) is 0 Å². The highest BCUT2D eigenvalue weighted by Gasteiger charge is 2.71. The molecule has 2 N–H and O–H groups in total. The number of benzene rings is 1. The lowest BCUT2D eigenvalue weighted by atomic mass is 9.91. The average molecular weight is 314 g/mol. The summed E-state index contributed by atoms with van der Waals surface area (Å²) in [4.78, 5) is 10.2. The molecule has 0 heterocycles. The van der Waals surface area contributed by atoms with Crippen molar-refractivity contribution in [1.29, 1.82) is 0 Å². The first-order valence-corrected chi connectivity index (χ1v) is 5.27. The summed E-state index contributed by atoms with van der Waals surface area (Å²) in [6.07, 6.45) is -10.3. The van der Waals surface area contributed by atoms with Crippen LogP contribution in [0.5, 0.6) is 0 Å². The summed E-state index contributed by atoms with van der Waals surface area (Å²) < 4.78 is 75.5. The van der Waals surface area contributed by atoms with E-state index in [2.05, 4.69) is 0 Å². The lowest BCUT2D eigenvalue weighted by Crippen LogP contribution is -2.53. The zero-order chi connectivity index (χ0) is 16.5. The topological polar surface area (TPSA) is 57.5 Å². The molecule has 3 nitrogen and oxygen atoms in total. The monoisotopic (exact) mass is 314 g/mol. The Kier molecular flexibility index (Phi) is 4.37. The fourth-order valence-corrected chi connectivity index (χ4v) is 1.49. The largest absolute Gasteiger partial charge is 0.478 e. The number of alkyl halides is 6. The van der Waals surface area contributed by atoms with Crippen LogP contribution in [-0.2, 0) is 10.4 Å². The van der Waals surface area contributed by atoms with Gasteiger partial charge in [-0.1, -0.05) is 24.3 Å². The standard InChI is InChI=1S/C12H8F6O3/c13-11(14,15)10(21,12(16,17)18)8-4-1-7(2-5-8)3-6-9(19)20/h1-6,21H,(H,19,20).